The van der Waals surface area contributed by atoms with Crippen molar-refractivity contribution in [3.63, 3.8) is 0 Å². The van der Waals surface area contributed by atoms with Crippen molar-refractivity contribution in [3.05, 3.63) is 107 Å². The minimum Gasteiger partial charge on any atom is -0.334 e. The first kappa shape index (κ1) is 17.7. The number of carbonyl (C=O) groups is 1. The van der Waals surface area contributed by atoms with Crippen molar-refractivity contribution in [3.8, 4) is 0 Å². The van der Waals surface area contributed by atoms with Crippen LogP contribution in [0.3, 0.4) is 0 Å². The summed E-state index contributed by atoms with van der Waals surface area (Å²) in [6.07, 6.45) is 2.91. The normalized spacial score (nSPS) is 20.3. The number of amides is 1. The van der Waals surface area contributed by atoms with Crippen LogP contribution < -0.4 is 5.32 Å². The zero-order valence-corrected chi connectivity index (χ0v) is 16.1. The number of aryl methyl sites for hydroxylation is 1. The maximum Gasteiger partial charge on any atom is 0.265 e. The van der Waals surface area contributed by atoms with Crippen molar-refractivity contribution in [1.29, 1.82) is 5.41 Å². The van der Waals surface area contributed by atoms with Gasteiger partial charge in [-0.3, -0.25) is 15.1 Å². The predicted octanol–water partition coefficient (Wildman–Crippen LogP) is 4.37. The summed E-state index contributed by atoms with van der Waals surface area (Å²) < 4.78 is 0. The number of carbonyl (C=O) groups excluding carboxylic acids is 1. The third-order valence-electron chi connectivity index (χ3n) is 6.15. The maximum absolute atomic E-state index is 14.1. The van der Waals surface area contributed by atoms with Crippen LogP contribution in [0, 0.1) is 5.41 Å². The summed E-state index contributed by atoms with van der Waals surface area (Å²) in [6.45, 7) is 0. The van der Waals surface area contributed by atoms with Crippen LogP contribution in [-0.2, 0) is 16.8 Å². The second-order valence-corrected chi connectivity index (χ2v) is 7.74. The van der Waals surface area contributed by atoms with Gasteiger partial charge in [-0.2, -0.15) is 0 Å². The van der Waals surface area contributed by atoms with E-state index in [0.717, 1.165) is 36.0 Å². The molecule has 1 aliphatic carbocycles. The highest BCUT2D eigenvalue weighted by Crippen LogP contribution is 2.42. The average Bonchev–Trinajstić information content (AvgIpc) is 3.05. The fourth-order valence-electron chi connectivity index (χ4n) is 4.80. The molecular weight excluding hydrogens is 358 g/mol. The van der Waals surface area contributed by atoms with E-state index in [9.17, 15) is 4.79 Å². The highest BCUT2D eigenvalue weighted by Gasteiger charge is 2.54. The molecular formula is C25H23N3O. The Hall–Kier alpha value is -3.40. The Morgan fingerprint density at radius 3 is 2.10 bits per heavy atom. The quantitative estimate of drug-likeness (QED) is 0.708. The number of nitrogens with one attached hydrogen (secondary N) is 2. The molecule has 4 heteroatoms. The average molecular weight is 381 g/mol. The molecule has 1 heterocycles. The van der Waals surface area contributed by atoms with Gasteiger partial charge in [0, 0.05) is 0 Å². The second kappa shape index (κ2) is 6.89. The van der Waals surface area contributed by atoms with Crippen LogP contribution in [0.5, 0.6) is 0 Å². The Labute approximate surface area is 170 Å². The second-order valence-electron chi connectivity index (χ2n) is 7.74. The van der Waals surface area contributed by atoms with Crippen LogP contribution in [0.4, 0.5) is 0 Å². The Balaban J connectivity index is 1.65. The van der Waals surface area contributed by atoms with Crippen LogP contribution >= 0.6 is 0 Å². The summed E-state index contributed by atoms with van der Waals surface area (Å²) in [4.78, 5) is 15.7. The highest BCUT2D eigenvalue weighted by atomic mass is 16.2. The van der Waals surface area contributed by atoms with Crippen LogP contribution in [0.25, 0.3) is 0 Å². The van der Waals surface area contributed by atoms with E-state index in [1.807, 2.05) is 66.7 Å². The van der Waals surface area contributed by atoms with E-state index in [1.165, 1.54) is 5.56 Å². The van der Waals surface area contributed by atoms with Crippen LogP contribution in [0.1, 0.15) is 41.1 Å². The van der Waals surface area contributed by atoms with Gasteiger partial charge in [-0.05, 0) is 41.5 Å². The highest BCUT2D eigenvalue weighted by molar-refractivity contribution is 6.10. The monoisotopic (exact) mass is 381 g/mol. The van der Waals surface area contributed by atoms with Gasteiger partial charge in [0.25, 0.3) is 5.91 Å². The van der Waals surface area contributed by atoms with E-state index in [4.69, 9.17) is 5.41 Å². The van der Waals surface area contributed by atoms with Gasteiger partial charge in [-0.25, -0.2) is 0 Å². The first-order valence-corrected chi connectivity index (χ1v) is 10.1. The maximum atomic E-state index is 14.1. The molecule has 1 amide bonds. The minimum atomic E-state index is -1.08. The molecule has 2 N–H and O–H groups in total. The Morgan fingerprint density at radius 2 is 1.45 bits per heavy atom. The molecule has 1 fully saturated rings. The summed E-state index contributed by atoms with van der Waals surface area (Å²) in [6, 6.07) is 27.7. The van der Waals surface area contributed by atoms with Crippen molar-refractivity contribution in [2.24, 2.45) is 0 Å². The summed E-state index contributed by atoms with van der Waals surface area (Å²) in [5, 5.41) is 12.0. The SMILES string of the molecule is N=C1NC(c2ccccc2)(c2ccccc2)C(=O)N1C1CCCc2ccccc21. The summed E-state index contributed by atoms with van der Waals surface area (Å²) >= 11 is 0. The van der Waals surface area contributed by atoms with Gasteiger partial charge in [-0.15, -0.1) is 0 Å². The summed E-state index contributed by atoms with van der Waals surface area (Å²) in [7, 11) is 0. The van der Waals surface area contributed by atoms with Crippen LogP contribution in [0.2, 0.25) is 0 Å². The number of benzene rings is 3. The van der Waals surface area contributed by atoms with Gasteiger partial charge in [0.1, 0.15) is 0 Å². The van der Waals surface area contributed by atoms with E-state index in [2.05, 4.69) is 23.5 Å². The minimum absolute atomic E-state index is 0.0818. The lowest BCUT2D eigenvalue weighted by molar-refractivity contribution is -0.131. The molecule has 4 nitrogen and oxygen atoms in total. The third-order valence-corrected chi connectivity index (χ3v) is 6.15. The van der Waals surface area contributed by atoms with Gasteiger partial charge >= 0.3 is 0 Å². The molecule has 0 radical (unpaired) electrons. The molecule has 1 atom stereocenters. The molecule has 1 aliphatic heterocycles. The number of rotatable bonds is 3. The molecule has 1 saturated heterocycles. The third kappa shape index (κ3) is 2.67. The van der Waals surface area contributed by atoms with Crippen LogP contribution in [-0.4, -0.2) is 16.8 Å². The van der Waals surface area contributed by atoms with Crippen molar-refractivity contribution < 1.29 is 4.79 Å². The van der Waals surface area contributed by atoms with Crippen LogP contribution in [0.15, 0.2) is 84.9 Å². The predicted molar refractivity (Wildman–Crippen MR) is 113 cm³/mol. The lowest BCUT2D eigenvalue weighted by Crippen LogP contribution is -2.45. The molecule has 0 aromatic heterocycles. The van der Waals surface area contributed by atoms with Gasteiger partial charge in [0.05, 0.1) is 6.04 Å². The van der Waals surface area contributed by atoms with Crippen molar-refractivity contribution in [1.82, 2.24) is 10.2 Å². The number of hydrogen-bond acceptors (Lipinski definition) is 2. The smallest absolute Gasteiger partial charge is 0.265 e. The molecule has 1 unspecified atom stereocenters. The molecule has 5 rings (SSSR count). The van der Waals surface area contributed by atoms with Gasteiger partial charge in [0.2, 0.25) is 0 Å². The van der Waals surface area contributed by atoms with Crippen molar-refractivity contribution in [2.45, 2.75) is 30.8 Å². The summed E-state index contributed by atoms with van der Waals surface area (Å²) in [5.74, 6) is 0.0889. The molecule has 3 aromatic carbocycles. The lowest BCUT2D eigenvalue weighted by atomic mass is 9.81. The molecule has 0 saturated carbocycles. The molecule has 29 heavy (non-hydrogen) atoms. The first-order valence-electron chi connectivity index (χ1n) is 10.1. The van der Waals surface area contributed by atoms with Gasteiger partial charge < -0.3 is 5.32 Å². The Morgan fingerprint density at radius 1 is 0.862 bits per heavy atom. The van der Waals surface area contributed by atoms with E-state index < -0.39 is 5.54 Å². The van der Waals surface area contributed by atoms with E-state index in [0.29, 0.717) is 0 Å². The fourth-order valence-corrected chi connectivity index (χ4v) is 4.80. The first-order chi connectivity index (χ1) is 14.2. The van der Waals surface area contributed by atoms with E-state index in [1.54, 1.807) is 4.90 Å². The number of nitrogens with zero attached hydrogens (tertiary/aromatic N) is 1. The Kier molecular flexibility index (Phi) is 4.20. The fraction of sp³-hybridized carbons (Fsp3) is 0.200. The standard InChI is InChI=1S/C25H23N3O/c26-24-27-25(19-12-3-1-4-13-19,20-14-5-2-6-15-20)23(29)28(24)22-17-9-11-18-10-7-8-16-21(18)22/h1-8,10,12-16,22H,9,11,17H2,(H2,26,27). The number of guanidine groups is 1. The molecule has 3 aromatic rings. The van der Waals surface area contributed by atoms with E-state index in [-0.39, 0.29) is 17.9 Å². The summed E-state index contributed by atoms with van der Waals surface area (Å²) in [5.41, 5.74) is 3.07. The molecule has 144 valence electrons. The lowest BCUT2D eigenvalue weighted by Gasteiger charge is -2.33. The molecule has 0 spiro atoms. The van der Waals surface area contributed by atoms with Crippen molar-refractivity contribution in [2.75, 3.05) is 0 Å². The zero-order chi connectivity index (χ0) is 19.8. The van der Waals surface area contributed by atoms with Crippen molar-refractivity contribution >= 4 is 11.9 Å². The molecule has 0 bridgehead atoms. The zero-order valence-electron chi connectivity index (χ0n) is 16.1. The number of hydrogen-bond donors (Lipinski definition) is 2. The van der Waals surface area contributed by atoms with E-state index >= 15 is 0 Å². The Bertz CT molecular complexity index is 1020. The van der Waals surface area contributed by atoms with Gasteiger partial charge in [-0.1, -0.05) is 84.9 Å². The largest absolute Gasteiger partial charge is 0.334 e. The van der Waals surface area contributed by atoms with Gasteiger partial charge in [0.15, 0.2) is 11.5 Å². The molecule has 2 aliphatic rings. The number of fused-ring (bicyclic) bond motifs is 1. The topological polar surface area (TPSA) is 56.2 Å².